The molecule has 5 amide bonds. The zero-order chi connectivity index (χ0) is 53.1. The zero-order valence-corrected chi connectivity index (χ0v) is 45.3. The maximum absolute atomic E-state index is 14.8. The Labute approximate surface area is 434 Å². The second-order valence-electron chi connectivity index (χ2n) is 21.3. The average Bonchev–Trinajstić information content (AvgIpc) is 3.91. The Morgan fingerprint density at radius 1 is 0.740 bits per heavy atom. The molecule has 3 N–H and O–H groups in total. The van der Waals surface area contributed by atoms with Gasteiger partial charge in [-0.05, 0) is 71.8 Å². The molecule has 10 atom stereocenters. The summed E-state index contributed by atoms with van der Waals surface area (Å²) in [6.07, 6.45) is 0.186. The number of amides is 5. The van der Waals surface area contributed by atoms with Crippen LogP contribution in [0.2, 0.25) is 0 Å². The van der Waals surface area contributed by atoms with Crippen LogP contribution in [0.5, 0.6) is 0 Å². The van der Waals surface area contributed by atoms with Crippen LogP contribution in [0.1, 0.15) is 116 Å². The standard InChI is InChI=1S/C58H84N6O9/c1-12-38(6)52(48(71-10)34-49(65)64-31-20-28-47(64)54(72-11)39(7)55(67)59-40(8)53(66)41-22-14-13-15-23-41)61(9)57(69)50(36(2)3)60-56(68)51(37(4)5)62-29-21-30-63(33-32-62)58(70)73-35-46-44-26-18-16-24-42(44)43-25-17-19-27-45(43)46/h13-19,22-27,36-40,46-48,50-54,66H,12,20-21,28-35H2,1-11H3,(H,59,67)(H,60,68)/t38-,39+,40+,47-,48?,50-,51-,52-,53+,54+/m0/s1. The first kappa shape index (κ1) is 56.9. The maximum atomic E-state index is 14.8. The Kier molecular flexibility index (Phi) is 20.5. The third-order valence-corrected chi connectivity index (χ3v) is 15.9. The molecule has 15 nitrogen and oxygen atoms in total. The monoisotopic (exact) mass is 1010 g/mol. The second kappa shape index (κ2) is 26.2. The van der Waals surface area contributed by atoms with Crippen LogP contribution in [-0.4, -0.2) is 157 Å². The largest absolute Gasteiger partial charge is 0.448 e. The minimum absolute atomic E-state index is 0.00686. The zero-order valence-electron chi connectivity index (χ0n) is 45.3. The summed E-state index contributed by atoms with van der Waals surface area (Å²) in [6, 6.07) is 22.9. The van der Waals surface area contributed by atoms with Crippen LogP contribution in [0, 0.1) is 23.7 Å². The molecule has 1 aliphatic carbocycles. The normalized spacial score (nSPS) is 19.9. The smallest absolute Gasteiger partial charge is 0.409 e. The van der Waals surface area contributed by atoms with Gasteiger partial charge in [0.1, 0.15) is 12.6 Å². The number of aliphatic hydroxyl groups is 1. The predicted molar refractivity (Wildman–Crippen MR) is 283 cm³/mol. The quantitative estimate of drug-likeness (QED) is 0.0931. The fraction of sp³-hybridized carbons (Fsp3) is 0.603. The summed E-state index contributed by atoms with van der Waals surface area (Å²) in [5.74, 6) is -2.07. The molecule has 2 heterocycles. The first-order chi connectivity index (χ1) is 34.9. The summed E-state index contributed by atoms with van der Waals surface area (Å²) in [7, 11) is 4.85. The molecule has 0 saturated carbocycles. The predicted octanol–water partition coefficient (Wildman–Crippen LogP) is 7.27. The number of methoxy groups -OCH3 is 2. The summed E-state index contributed by atoms with van der Waals surface area (Å²) >= 11 is 0. The highest BCUT2D eigenvalue weighted by molar-refractivity contribution is 5.90. The summed E-state index contributed by atoms with van der Waals surface area (Å²) in [5, 5.41) is 17.1. The van der Waals surface area contributed by atoms with Gasteiger partial charge in [0.25, 0.3) is 0 Å². The van der Waals surface area contributed by atoms with Gasteiger partial charge in [0.2, 0.25) is 23.6 Å². The molecule has 400 valence electrons. The lowest BCUT2D eigenvalue weighted by atomic mass is 9.89. The number of hydrogen-bond donors (Lipinski definition) is 3. The first-order valence-electron chi connectivity index (χ1n) is 26.7. The highest BCUT2D eigenvalue weighted by atomic mass is 16.6. The molecule has 73 heavy (non-hydrogen) atoms. The van der Waals surface area contributed by atoms with Gasteiger partial charge in [0, 0.05) is 59.9 Å². The topological polar surface area (TPSA) is 170 Å². The van der Waals surface area contributed by atoms with Crippen molar-refractivity contribution in [1.82, 2.24) is 30.2 Å². The summed E-state index contributed by atoms with van der Waals surface area (Å²) in [5.41, 5.74) is 5.36. The fourth-order valence-electron chi connectivity index (χ4n) is 11.6. The number of likely N-dealkylation sites (N-methyl/N-ethyl adjacent to an activating group) is 1. The number of carbonyl (C=O) groups is 5. The molecule has 2 aliphatic heterocycles. The van der Waals surface area contributed by atoms with Gasteiger partial charge >= 0.3 is 6.09 Å². The summed E-state index contributed by atoms with van der Waals surface area (Å²) in [6.45, 7) is 18.2. The number of nitrogens with zero attached hydrogens (tertiary/aromatic N) is 4. The Hall–Kier alpha value is -5.35. The summed E-state index contributed by atoms with van der Waals surface area (Å²) in [4.78, 5) is 78.4. The van der Waals surface area contributed by atoms with Gasteiger partial charge in [-0.15, -0.1) is 0 Å². The van der Waals surface area contributed by atoms with Gasteiger partial charge < -0.3 is 44.7 Å². The number of carbonyl (C=O) groups excluding carboxylic acids is 5. The SMILES string of the molecule is CC[C@H](C)[C@@H](C(CC(=O)N1CCC[C@H]1[C@H](OC)[C@@H](C)C(=O)N[C@H](C)[C@@H](O)c1ccccc1)OC)N(C)C(=O)[C@@H](NC(=O)[C@H](C(C)C)N1CCCN(C(=O)OCC2c3ccccc3-c3ccccc32)CC1)C(C)C. The lowest BCUT2D eigenvalue weighted by Crippen LogP contribution is -2.60. The van der Waals surface area contributed by atoms with Crippen molar-refractivity contribution < 1.29 is 43.3 Å². The first-order valence-corrected chi connectivity index (χ1v) is 26.7. The molecule has 0 spiro atoms. The Morgan fingerprint density at radius 2 is 1.37 bits per heavy atom. The molecule has 0 bridgehead atoms. The highest BCUT2D eigenvalue weighted by Gasteiger charge is 2.44. The minimum Gasteiger partial charge on any atom is -0.448 e. The molecule has 3 aromatic rings. The van der Waals surface area contributed by atoms with Gasteiger partial charge in [0.15, 0.2) is 0 Å². The molecule has 3 aromatic carbocycles. The van der Waals surface area contributed by atoms with Gasteiger partial charge in [-0.3, -0.25) is 24.1 Å². The van der Waals surface area contributed by atoms with E-state index in [0.29, 0.717) is 57.5 Å². The number of ether oxygens (including phenoxy) is 3. The molecule has 1 unspecified atom stereocenters. The van der Waals surface area contributed by atoms with E-state index in [1.165, 1.54) is 11.1 Å². The molecular weight excluding hydrogens is 925 g/mol. The Morgan fingerprint density at radius 3 is 1.96 bits per heavy atom. The number of rotatable bonds is 22. The Bertz CT molecular complexity index is 2270. The van der Waals surface area contributed by atoms with Crippen LogP contribution in [-0.2, 0) is 33.4 Å². The number of hydrogen-bond acceptors (Lipinski definition) is 10. The van der Waals surface area contributed by atoms with E-state index in [4.69, 9.17) is 14.2 Å². The number of nitrogens with one attached hydrogen (secondary N) is 2. The number of aliphatic hydroxyl groups excluding tert-OH is 1. The van der Waals surface area contributed by atoms with Crippen LogP contribution in [0.4, 0.5) is 4.79 Å². The van der Waals surface area contributed by atoms with Gasteiger partial charge in [-0.25, -0.2) is 4.79 Å². The van der Waals surface area contributed by atoms with E-state index >= 15 is 0 Å². The van der Waals surface area contributed by atoms with Gasteiger partial charge in [0.05, 0.1) is 54.8 Å². The van der Waals surface area contributed by atoms with E-state index < -0.39 is 48.4 Å². The lowest BCUT2D eigenvalue weighted by Gasteiger charge is -2.41. The van der Waals surface area contributed by atoms with Crippen LogP contribution < -0.4 is 10.6 Å². The molecule has 3 aliphatic rings. The van der Waals surface area contributed by atoms with E-state index in [0.717, 1.165) is 17.5 Å². The number of likely N-dealkylation sites (tertiary alicyclic amines) is 1. The molecule has 6 rings (SSSR count). The van der Waals surface area contributed by atoms with Gasteiger partial charge in [-0.1, -0.05) is 134 Å². The minimum atomic E-state index is -0.898. The molecule has 0 radical (unpaired) electrons. The van der Waals surface area contributed by atoms with Crippen molar-refractivity contribution in [3.63, 3.8) is 0 Å². The van der Waals surface area contributed by atoms with E-state index in [1.807, 2.05) is 96.1 Å². The fourth-order valence-corrected chi connectivity index (χ4v) is 11.6. The summed E-state index contributed by atoms with van der Waals surface area (Å²) < 4.78 is 18.1. The van der Waals surface area contributed by atoms with E-state index in [1.54, 1.807) is 49.8 Å². The van der Waals surface area contributed by atoms with Crippen molar-refractivity contribution in [1.29, 1.82) is 0 Å². The third-order valence-electron chi connectivity index (χ3n) is 15.9. The third kappa shape index (κ3) is 13.3. The van der Waals surface area contributed by atoms with Crippen molar-refractivity contribution in [3.8, 4) is 11.1 Å². The average molecular weight is 1010 g/mol. The van der Waals surface area contributed by atoms with Crippen LogP contribution in [0.3, 0.4) is 0 Å². The van der Waals surface area contributed by atoms with E-state index in [9.17, 15) is 29.1 Å². The molecule has 0 aromatic heterocycles. The van der Waals surface area contributed by atoms with Crippen molar-refractivity contribution in [3.05, 3.63) is 95.6 Å². The Balaban J connectivity index is 1.07. The molecular formula is C58H84N6O9. The second-order valence-corrected chi connectivity index (χ2v) is 21.3. The van der Waals surface area contributed by atoms with Gasteiger partial charge in [-0.2, -0.15) is 0 Å². The van der Waals surface area contributed by atoms with E-state index in [2.05, 4.69) is 39.8 Å². The van der Waals surface area contributed by atoms with Crippen molar-refractivity contribution in [2.24, 2.45) is 23.7 Å². The van der Waals surface area contributed by atoms with Crippen LogP contribution in [0.15, 0.2) is 78.9 Å². The highest BCUT2D eigenvalue weighted by Crippen LogP contribution is 2.44. The maximum Gasteiger partial charge on any atom is 0.409 e. The molecule has 2 saturated heterocycles. The van der Waals surface area contributed by atoms with Crippen molar-refractivity contribution in [2.45, 2.75) is 142 Å². The van der Waals surface area contributed by atoms with Crippen molar-refractivity contribution in [2.75, 3.05) is 60.6 Å². The lowest BCUT2D eigenvalue weighted by molar-refractivity contribution is -0.148. The van der Waals surface area contributed by atoms with Crippen LogP contribution >= 0.6 is 0 Å². The molecule has 15 heteroatoms. The van der Waals surface area contributed by atoms with Crippen LogP contribution in [0.25, 0.3) is 11.1 Å². The van der Waals surface area contributed by atoms with Crippen molar-refractivity contribution >= 4 is 29.7 Å². The number of fused-ring (bicyclic) bond motifs is 3. The molecule has 2 fully saturated rings. The van der Waals surface area contributed by atoms with E-state index in [-0.39, 0.29) is 72.5 Å². The number of benzene rings is 3.